The van der Waals surface area contributed by atoms with E-state index in [-0.39, 0.29) is 6.04 Å². The normalized spacial score (nSPS) is 16.6. The van der Waals surface area contributed by atoms with E-state index in [4.69, 9.17) is 0 Å². The molecule has 3 rings (SSSR count). The van der Waals surface area contributed by atoms with E-state index >= 15 is 0 Å². The van der Waals surface area contributed by atoms with Crippen LogP contribution in [0.1, 0.15) is 25.3 Å². The molecule has 4 heteroatoms. The van der Waals surface area contributed by atoms with Crippen LogP contribution >= 0.6 is 0 Å². The van der Waals surface area contributed by atoms with Gasteiger partial charge in [-0.05, 0) is 36.1 Å². The van der Waals surface area contributed by atoms with Gasteiger partial charge in [-0.1, -0.05) is 42.5 Å². The van der Waals surface area contributed by atoms with Crippen molar-refractivity contribution in [3.8, 4) is 0 Å². The van der Waals surface area contributed by atoms with Crippen LogP contribution in [0.5, 0.6) is 0 Å². The Hall–Kier alpha value is -2.07. The van der Waals surface area contributed by atoms with E-state index in [1.807, 2.05) is 6.92 Å². The van der Waals surface area contributed by atoms with E-state index in [1.54, 1.807) is 4.90 Å². The first-order valence-electron chi connectivity index (χ1n) is 8.37. The van der Waals surface area contributed by atoms with Gasteiger partial charge in [0.25, 0.3) is 0 Å². The summed E-state index contributed by atoms with van der Waals surface area (Å²) in [6.45, 7) is 5.34. The Morgan fingerprint density at radius 3 is 2.57 bits per heavy atom. The number of fused-ring (bicyclic) bond motifs is 1. The van der Waals surface area contributed by atoms with Gasteiger partial charge < -0.3 is 10.0 Å². The molecule has 1 aliphatic heterocycles. The summed E-state index contributed by atoms with van der Waals surface area (Å²) in [4.78, 5) is 15.3. The van der Waals surface area contributed by atoms with Gasteiger partial charge in [0.1, 0.15) is 0 Å². The Kier molecular flexibility index (Phi) is 4.82. The molecular formula is C19H24N2O2. The number of carboxylic acid groups (broad SMARTS) is 1. The minimum atomic E-state index is -0.792. The molecule has 0 atom stereocenters. The van der Waals surface area contributed by atoms with Crippen molar-refractivity contribution < 1.29 is 9.90 Å². The van der Waals surface area contributed by atoms with Gasteiger partial charge in [-0.25, -0.2) is 4.79 Å². The molecule has 1 heterocycles. The number of piperidine rings is 1. The standard InChI is InChI=1S/C19H24N2O2/c1-2-21(19(22)23)17-10-12-20(13-11-17)14-16-8-5-7-15-6-3-4-9-18(15)16/h3-9,17H,2,10-14H2,1H3,(H,22,23). The number of amides is 1. The Labute approximate surface area is 137 Å². The molecule has 4 nitrogen and oxygen atoms in total. The summed E-state index contributed by atoms with van der Waals surface area (Å²) in [6, 6.07) is 15.1. The second-order valence-electron chi connectivity index (χ2n) is 6.21. The monoisotopic (exact) mass is 312 g/mol. The van der Waals surface area contributed by atoms with Crippen LogP contribution in [0, 0.1) is 0 Å². The van der Waals surface area contributed by atoms with Crippen LogP contribution in [0.3, 0.4) is 0 Å². The fourth-order valence-electron chi connectivity index (χ4n) is 3.61. The van der Waals surface area contributed by atoms with Crippen molar-refractivity contribution in [1.29, 1.82) is 0 Å². The smallest absolute Gasteiger partial charge is 0.407 e. The lowest BCUT2D eigenvalue weighted by Gasteiger charge is -2.36. The van der Waals surface area contributed by atoms with Crippen molar-refractivity contribution in [3.63, 3.8) is 0 Å². The SMILES string of the molecule is CCN(C(=O)O)C1CCN(Cc2cccc3ccccc23)CC1. The summed E-state index contributed by atoms with van der Waals surface area (Å²) >= 11 is 0. The maximum absolute atomic E-state index is 11.3. The first-order chi connectivity index (χ1) is 11.2. The molecule has 1 saturated heterocycles. The second kappa shape index (κ2) is 7.01. The van der Waals surface area contributed by atoms with E-state index in [0.29, 0.717) is 6.54 Å². The molecule has 0 radical (unpaired) electrons. The number of likely N-dealkylation sites (tertiary alicyclic amines) is 1. The Morgan fingerprint density at radius 2 is 1.87 bits per heavy atom. The van der Waals surface area contributed by atoms with E-state index in [9.17, 15) is 9.90 Å². The van der Waals surface area contributed by atoms with Crippen molar-refractivity contribution in [2.24, 2.45) is 0 Å². The number of rotatable bonds is 4. The molecule has 0 unspecified atom stereocenters. The predicted octanol–water partition coefficient (Wildman–Crippen LogP) is 3.80. The van der Waals surface area contributed by atoms with Crippen molar-refractivity contribution in [1.82, 2.24) is 9.80 Å². The lowest BCUT2D eigenvalue weighted by Crippen LogP contribution is -2.46. The molecule has 0 bridgehead atoms. The first kappa shape index (κ1) is 15.8. The van der Waals surface area contributed by atoms with E-state index in [1.165, 1.54) is 16.3 Å². The average molecular weight is 312 g/mol. The molecule has 2 aromatic rings. The minimum Gasteiger partial charge on any atom is -0.465 e. The van der Waals surface area contributed by atoms with Crippen LogP contribution in [0.4, 0.5) is 4.79 Å². The van der Waals surface area contributed by atoms with Gasteiger partial charge in [0, 0.05) is 32.2 Å². The van der Waals surface area contributed by atoms with Gasteiger partial charge in [0.2, 0.25) is 0 Å². The number of nitrogens with zero attached hydrogens (tertiary/aromatic N) is 2. The molecular weight excluding hydrogens is 288 g/mol. The number of carbonyl (C=O) groups is 1. The fraction of sp³-hybridized carbons (Fsp3) is 0.421. The number of benzene rings is 2. The average Bonchev–Trinajstić information content (AvgIpc) is 2.57. The van der Waals surface area contributed by atoms with E-state index in [2.05, 4.69) is 47.4 Å². The summed E-state index contributed by atoms with van der Waals surface area (Å²) in [6.07, 6.45) is 1.05. The van der Waals surface area contributed by atoms with Gasteiger partial charge in [0.15, 0.2) is 0 Å². The predicted molar refractivity (Wildman–Crippen MR) is 92.7 cm³/mol. The fourth-order valence-corrected chi connectivity index (χ4v) is 3.61. The van der Waals surface area contributed by atoms with Crippen molar-refractivity contribution in [3.05, 3.63) is 48.0 Å². The number of hydrogen-bond donors (Lipinski definition) is 1. The maximum atomic E-state index is 11.3. The highest BCUT2D eigenvalue weighted by atomic mass is 16.4. The molecule has 2 aromatic carbocycles. The molecule has 1 amide bonds. The van der Waals surface area contributed by atoms with Crippen LogP contribution in [0.15, 0.2) is 42.5 Å². The lowest BCUT2D eigenvalue weighted by atomic mass is 10.0. The Bertz CT molecular complexity index is 673. The van der Waals surface area contributed by atoms with E-state index in [0.717, 1.165) is 32.5 Å². The van der Waals surface area contributed by atoms with Crippen molar-refractivity contribution in [2.75, 3.05) is 19.6 Å². The molecule has 122 valence electrons. The molecule has 0 saturated carbocycles. The topological polar surface area (TPSA) is 43.8 Å². The molecule has 0 aliphatic carbocycles. The molecule has 1 aliphatic rings. The van der Waals surface area contributed by atoms with Gasteiger partial charge in [-0.15, -0.1) is 0 Å². The third-order valence-corrected chi connectivity index (χ3v) is 4.86. The molecule has 1 N–H and O–H groups in total. The van der Waals surface area contributed by atoms with Gasteiger partial charge in [-0.2, -0.15) is 0 Å². The van der Waals surface area contributed by atoms with Crippen molar-refractivity contribution in [2.45, 2.75) is 32.4 Å². The summed E-state index contributed by atoms with van der Waals surface area (Å²) in [5.41, 5.74) is 1.35. The highest BCUT2D eigenvalue weighted by Gasteiger charge is 2.26. The zero-order valence-electron chi connectivity index (χ0n) is 13.6. The molecule has 1 fully saturated rings. The van der Waals surface area contributed by atoms with Crippen LogP contribution in [-0.2, 0) is 6.54 Å². The quantitative estimate of drug-likeness (QED) is 0.934. The highest BCUT2D eigenvalue weighted by Crippen LogP contribution is 2.23. The summed E-state index contributed by atoms with van der Waals surface area (Å²) in [7, 11) is 0. The third-order valence-electron chi connectivity index (χ3n) is 4.86. The third kappa shape index (κ3) is 3.48. The largest absolute Gasteiger partial charge is 0.465 e. The Balaban J connectivity index is 1.65. The summed E-state index contributed by atoms with van der Waals surface area (Å²) in [5.74, 6) is 0. The van der Waals surface area contributed by atoms with Crippen LogP contribution < -0.4 is 0 Å². The highest BCUT2D eigenvalue weighted by molar-refractivity contribution is 5.85. The van der Waals surface area contributed by atoms with Crippen LogP contribution in [-0.4, -0.2) is 46.7 Å². The zero-order valence-corrected chi connectivity index (χ0v) is 13.6. The van der Waals surface area contributed by atoms with Crippen molar-refractivity contribution >= 4 is 16.9 Å². The molecule has 0 aromatic heterocycles. The maximum Gasteiger partial charge on any atom is 0.407 e. The van der Waals surface area contributed by atoms with E-state index < -0.39 is 6.09 Å². The van der Waals surface area contributed by atoms with Gasteiger partial charge >= 0.3 is 6.09 Å². The second-order valence-corrected chi connectivity index (χ2v) is 6.21. The molecule has 23 heavy (non-hydrogen) atoms. The zero-order chi connectivity index (χ0) is 16.2. The van der Waals surface area contributed by atoms with Gasteiger partial charge in [-0.3, -0.25) is 4.90 Å². The first-order valence-corrected chi connectivity index (χ1v) is 8.37. The summed E-state index contributed by atoms with van der Waals surface area (Å²) in [5, 5.41) is 11.9. The van der Waals surface area contributed by atoms with Crippen LogP contribution in [0.25, 0.3) is 10.8 Å². The minimum absolute atomic E-state index is 0.168. The van der Waals surface area contributed by atoms with Crippen LogP contribution in [0.2, 0.25) is 0 Å². The number of hydrogen-bond acceptors (Lipinski definition) is 2. The molecule has 0 spiro atoms. The lowest BCUT2D eigenvalue weighted by molar-refractivity contribution is 0.0918. The Morgan fingerprint density at radius 1 is 1.17 bits per heavy atom. The summed E-state index contributed by atoms with van der Waals surface area (Å²) < 4.78 is 0. The van der Waals surface area contributed by atoms with Gasteiger partial charge in [0.05, 0.1) is 0 Å².